The van der Waals surface area contributed by atoms with Crippen LogP contribution in [-0.2, 0) is 6.42 Å². The van der Waals surface area contributed by atoms with Crippen molar-refractivity contribution < 1.29 is 4.79 Å². The summed E-state index contributed by atoms with van der Waals surface area (Å²) in [5, 5.41) is 12.2. The van der Waals surface area contributed by atoms with E-state index in [0.29, 0.717) is 24.5 Å². The Labute approximate surface area is 116 Å². The van der Waals surface area contributed by atoms with Gasteiger partial charge in [-0.1, -0.05) is 0 Å². The van der Waals surface area contributed by atoms with Crippen molar-refractivity contribution in [3.63, 3.8) is 0 Å². The molecule has 0 bridgehead atoms. The number of pyridine rings is 1. The maximum absolute atomic E-state index is 11.3. The van der Waals surface area contributed by atoms with E-state index in [1.54, 1.807) is 6.20 Å². The lowest BCUT2D eigenvalue weighted by molar-refractivity contribution is 0.254. The molecule has 0 saturated carbocycles. The molecule has 1 aromatic rings. The van der Waals surface area contributed by atoms with Crippen LogP contribution >= 0.6 is 0 Å². The number of carbonyl (C=O) groups excluding carboxylic acids is 1. The minimum atomic E-state index is -0.486. The molecule has 0 aromatic carbocycles. The number of hydrogen-bond donors (Lipinski definition) is 2. The number of anilines is 1. The third-order valence-corrected chi connectivity index (χ3v) is 3.46. The van der Waals surface area contributed by atoms with E-state index in [1.165, 1.54) is 4.90 Å². The number of hydrogen-bond acceptors (Lipinski definition) is 4. The Morgan fingerprint density at radius 1 is 1.55 bits per heavy atom. The van der Waals surface area contributed by atoms with Crippen LogP contribution in [0, 0.1) is 11.3 Å². The maximum atomic E-state index is 11.3. The fourth-order valence-electron chi connectivity index (χ4n) is 2.48. The summed E-state index contributed by atoms with van der Waals surface area (Å²) >= 11 is 0. The highest BCUT2D eigenvalue weighted by atomic mass is 16.2. The van der Waals surface area contributed by atoms with Gasteiger partial charge in [0.05, 0.1) is 11.6 Å². The van der Waals surface area contributed by atoms with Gasteiger partial charge in [-0.25, -0.2) is 9.78 Å². The first-order chi connectivity index (χ1) is 9.70. The van der Waals surface area contributed by atoms with Gasteiger partial charge in [-0.3, -0.25) is 4.90 Å². The SMILES string of the molecule is N#CC1=CCNC=C1c1cnc2c(c1)CCN2C(N)=O. The fourth-order valence-corrected chi connectivity index (χ4v) is 2.48. The highest BCUT2D eigenvalue weighted by Gasteiger charge is 2.25. The third kappa shape index (κ3) is 1.89. The van der Waals surface area contributed by atoms with Crippen LogP contribution in [0.3, 0.4) is 0 Å². The van der Waals surface area contributed by atoms with Crippen molar-refractivity contribution in [3.8, 4) is 6.07 Å². The number of carbonyl (C=O) groups is 1. The summed E-state index contributed by atoms with van der Waals surface area (Å²) in [6, 6.07) is 3.67. The molecule has 0 fully saturated rings. The Morgan fingerprint density at radius 2 is 2.40 bits per heavy atom. The molecule has 6 nitrogen and oxygen atoms in total. The molecule has 0 atom stereocenters. The second-order valence-electron chi connectivity index (χ2n) is 4.64. The highest BCUT2D eigenvalue weighted by Crippen LogP contribution is 2.30. The van der Waals surface area contributed by atoms with Crippen LogP contribution in [0.2, 0.25) is 0 Å². The molecular formula is C14H13N5O. The molecule has 2 amide bonds. The van der Waals surface area contributed by atoms with E-state index in [9.17, 15) is 4.79 Å². The average molecular weight is 267 g/mol. The summed E-state index contributed by atoms with van der Waals surface area (Å²) in [5.41, 5.74) is 8.62. The molecule has 3 N–H and O–H groups in total. The summed E-state index contributed by atoms with van der Waals surface area (Å²) in [6.45, 7) is 1.21. The van der Waals surface area contributed by atoms with Crippen molar-refractivity contribution in [2.75, 3.05) is 18.0 Å². The highest BCUT2D eigenvalue weighted by molar-refractivity contribution is 5.92. The zero-order chi connectivity index (χ0) is 14.1. The molecule has 0 unspecified atom stereocenters. The Balaban J connectivity index is 1.99. The zero-order valence-electron chi connectivity index (χ0n) is 10.8. The number of nitriles is 1. The molecule has 20 heavy (non-hydrogen) atoms. The van der Waals surface area contributed by atoms with Crippen LogP contribution in [0.4, 0.5) is 10.6 Å². The zero-order valence-corrected chi connectivity index (χ0v) is 10.8. The number of allylic oxidation sites excluding steroid dienone is 2. The number of primary amides is 1. The largest absolute Gasteiger partial charge is 0.387 e. The quantitative estimate of drug-likeness (QED) is 0.790. The van der Waals surface area contributed by atoms with Gasteiger partial charge in [-0.15, -0.1) is 0 Å². The van der Waals surface area contributed by atoms with Crippen LogP contribution in [-0.4, -0.2) is 24.1 Å². The first-order valence-electron chi connectivity index (χ1n) is 6.31. The fraction of sp³-hybridized carbons (Fsp3) is 0.214. The molecule has 0 spiro atoms. The summed E-state index contributed by atoms with van der Waals surface area (Å²) in [4.78, 5) is 17.1. The van der Waals surface area contributed by atoms with Crippen LogP contribution in [0.25, 0.3) is 5.57 Å². The van der Waals surface area contributed by atoms with E-state index in [0.717, 1.165) is 23.1 Å². The number of aromatic nitrogens is 1. The first kappa shape index (κ1) is 12.2. The van der Waals surface area contributed by atoms with Gasteiger partial charge in [0.1, 0.15) is 5.82 Å². The van der Waals surface area contributed by atoms with Gasteiger partial charge in [-0.2, -0.15) is 5.26 Å². The summed E-state index contributed by atoms with van der Waals surface area (Å²) in [5.74, 6) is 0.619. The second kappa shape index (κ2) is 4.70. The molecule has 6 heteroatoms. The van der Waals surface area contributed by atoms with Gasteiger partial charge < -0.3 is 11.1 Å². The van der Waals surface area contributed by atoms with Gasteiger partial charge in [0.25, 0.3) is 0 Å². The third-order valence-electron chi connectivity index (χ3n) is 3.46. The second-order valence-corrected chi connectivity index (χ2v) is 4.64. The minimum absolute atomic E-state index is 0.486. The van der Waals surface area contributed by atoms with Crippen molar-refractivity contribution in [2.24, 2.45) is 5.73 Å². The van der Waals surface area contributed by atoms with Gasteiger partial charge in [0.15, 0.2) is 0 Å². The van der Waals surface area contributed by atoms with Crippen molar-refractivity contribution in [3.05, 3.63) is 41.2 Å². The maximum Gasteiger partial charge on any atom is 0.320 e. The number of fused-ring (bicyclic) bond motifs is 1. The van der Waals surface area contributed by atoms with E-state index in [1.807, 2.05) is 18.3 Å². The van der Waals surface area contributed by atoms with Gasteiger partial charge in [0.2, 0.25) is 0 Å². The lowest BCUT2D eigenvalue weighted by Crippen LogP contribution is -2.34. The molecule has 3 heterocycles. The predicted octanol–water partition coefficient (Wildman–Crippen LogP) is 0.917. The Hall–Kier alpha value is -2.81. The molecule has 100 valence electrons. The summed E-state index contributed by atoms with van der Waals surface area (Å²) in [7, 11) is 0. The van der Waals surface area contributed by atoms with Gasteiger partial charge in [0, 0.05) is 36.6 Å². The van der Waals surface area contributed by atoms with Crippen molar-refractivity contribution in [1.29, 1.82) is 5.26 Å². The Kier molecular flexibility index (Phi) is 2.88. The van der Waals surface area contributed by atoms with Crippen LogP contribution in [0.15, 0.2) is 30.1 Å². The molecule has 2 aliphatic rings. The summed E-state index contributed by atoms with van der Waals surface area (Å²) in [6.07, 6.45) is 6.07. The number of rotatable bonds is 1. The van der Waals surface area contributed by atoms with Crippen LogP contribution < -0.4 is 16.0 Å². The number of urea groups is 1. The van der Waals surface area contributed by atoms with Gasteiger partial charge >= 0.3 is 6.03 Å². The molecule has 0 saturated heterocycles. The normalized spacial score (nSPS) is 16.6. The predicted molar refractivity (Wildman–Crippen MR) is 74.5 cm³/mol. The number of nitrogens with zero attached hydrogens (tertiary/aromatic N) is 3. The Bertz CT molecular complexity index is 683. The smallest absolute Gasteiger partial charge is 0.320 e. The molecule has 3 rings (SSSR count). The van der Waals surface area contributed by atoms with E-state index >= 15 is 0 Å². The van der Waals surface area contributed by atoms with E-state index in [-0.39, 0.29) is 0 Å². The monoisotopic (exact) mass is 267 g/mol. The lowest BCUT2D eigenvalue weighted by atomic mass is 9.98. The minimum Gasteiger partial charge on any atom is -0.387 e. The average Bonchev–Trinajstić information content (AvgIpc) is 2.90. The van der Waals surface area contributed by atoms with Gasteiger partial charge in [-0.05, 0) is 24.1 Å². The van der Waals surface area contributed by atoms with Crippen molar-refractivity contribution in [1.82, 2.24) is 10.3 Å². The molecular weight excluding hydrogens is 254 g/mol. The Morgan fingerprint density at radius 3 is 3.15 bits per heavy atom. The topological polar surface area (TPSA) is 95.0 Å². The van der Waals surface area contributed by atoms with Crippen LogP contribution in [0.1, 0.15) is 11.1 Å². The molecule has 1 aromatic heterocycles. The standard InChI is InChI=1S/C14H13N5O/c15-6-10-1-3-17-8-12(10)11-5-9-2-4-19(14(16)20)13(9)18-7-11/h1,5,7-8,17H,2-4H2,(H2,16,20). The van der Waals surface area contributed by atoms with E-state index in [2.05, 4.69) is 16.4 Å². The lowest BCUT2D eigenvalue weighted by Gasteiger charge is -2.15. The van der Waals surface area contributed by atoms with Crippen molar-refractivity contribution >= 4 is 17.4 Å². The molecule has 0 radical (unpaired) electrons. The van der Waals surface area contributed by atoms with E-state index in [4.69, 9.17) is 11.0 Å². The number of nitrogens with two attached hydrogens (primary N) is 1. The molecule has 2 aliphatic heterocycles. The van der Waals surface area contributed by atoms with Crippen molar-refractivity contribution in [2.45, 2.75) is 6.42 Å². The van der Waals surface area contributed by atoms with E-state index < -0.39 is 6.03 Å². The van der Waals surface area contributed by atoms with Crippen LogP contribution in [0.5, 0.6) is 0 Å². The number of dihydropyridines is 1. The molecule has 0 aliphatic carbocycles. The number of amides is 2. The summed E-state index contributed by atoms with van der Waals surface area (Å²) < 4.78 is 0. The number of nitrogens with one attached hydrogen (secondary N) is 1. The first-order valence-corrected chi connectivity index (χ1v) is 6.31.